The van der Waals surface area contributed by atoms with Crippen LogP contribution in [0, 0.1) is 0 Å². The number of likely N-dealkylation sites (N-methyl/N-ethyl adjacent to an activating group) is 1. The van der Waals surface area contributed by atoms with Crippen molar-refractivity contribution in [1.82, 2.24) is 4.90 Å². The van der Waals surface area contributed by atoms with Crippen LogP contribution in [0.2, 0.25) is 0 Å². The van der Waals surface area contributed by atoms with Gasteiger partial charge in [-0.3, -0.25) is 0 Å². The Morgan fingerprint density at radius 3 is 2.38 bits per heavy atom. The van der Waals surface area contributed by atoms with E-state index in [-0.39, 0.29) is 0 Å². The molecule has 0 fully saturated rings. The zero-order valence-corrected chi connectivity index (χ0v) is 9.30. The van der Waals surface area contributed by atoms with E-state index in [1.165, 1.54) is 6.42 Å². The largest absolute Gasteiger partial charge is 0.303 e. The van der Waals surface area contributed by atoms with Gasteiger partial charge in [0.05, 0.1) is 0 Å². The minimum absolute atomic E-state index is 0.643. The smallest absolute Gasteiger partial charge is 0.0304 e. The summed E-state index contributed by atoms with van der Waals surface area (Å²) in [5.41, 5.74) is 3.21. The summed E-state index contributed by atoms with van der Waals surface area (Å²) in [6.07, 6.45) is 8.10. The minimum atomic E-state index is 0.643. The second-order valence-electron chi connectivity index (χ2n) is 4.07. The highest BCUT2D eigenvalue weighted by Crippen LogP contribution is 2.25. The van der Waals surface area contributed by atoms with Crippen LogP contribution >= 0.6 is 0 Å². The zero-order valence-electron chi connectivity index (χ0n) is 9.30. The Kier molecular flexibility index (Phi) is 3.73. The molecular weight excluding hydrogens is 158 g/mol. The molecule has 0 N–H and O–H groups in total. The quantitative estimate of drug-likeness (QED) is 0.602. The number of allylic oxidation sites excluding steroid dienone is 3. The number of hydrogen-bond donors (Lipinski definition) is 0. The van der Waals surface area contributed by atoms with Crippen molar-refractivity contribution in [2.75, 3.05) is 14.1 Å². The van der Waals surface area contributed by atoms with Gasteiger partial charge in [0, 0.05) is 6.04 Å². The van der Waals surface area contributed by atoms with E-state index in [1.807, 2.05) is 0 Å². The molecule has 0 amide bonds. The van der Waals surface area contributed by atoms with E-state index in [9.17, 15) is 0 Å². The van der Waals surface area contributed by atoms with Crippen LogP contribution in [-0.2, 0) is 0 Å². The molecule has 1 aliphatic rings. The fourth-order valence-corrected chi connectivity index (χ4v) is 2.12. The van der Waals surface area contributed by atoms with Crippen molar-refractivity contribution in [1.29, 1.82) is 0 Å². The van der Waals surface area contributed by atoms with Crippen LogP contribution in [0.25, 0.3) is 0 Å². The van der Waals surface area contributed by atoms with Gasteiger partial charge in [-0.1, -0.05) is 30.2 Å². The summed E-state index contributed by atoms with van der Waals surface area (Å²) in [5, 5.41) is 0. The third-order valence-corrected chi connectivity index (χ3v) is 2.89. The van der Waals surface area contributed by atoms with Gasteiger partial charge in [0.1, 0.15) is 0 Å². The normalized spacial score (nSPS) is 19.8. The van der Waals surface area contributed by atoms with Crippen LogP contribution in [0.5, 0.6) is 0 Å². The van der Waals surface area contributed by atoms with E-state index in [0.717, 1.165) is 12.8 Å². The summed E-state index contributed by atoms with van der Waals surface area (Å²) in [4.78, 5) is 2.33. The van der Waals surface area contributed by atoms with Gasteiger partial charge in [0.2, 0.25) is 0 Å². The lowest BCUT2D eigenvalue weighted by Gasteiger charge is -2.28. The van der Waals surface area contributed by atoms with Gasteiger partial charge >= 0.3 is 0 Å². The van der Waals surface area contributed by atoms with Crippen molar-refractivity contribution in [3.63, 3.8) is 0 Å². The first-order valence-electron chi connectivity index (χ1n) is 5.16. The molecule has 1 atom stereocenters. The van der Waals surface area contributed by atoms with Crippen LogP contribution < -0.4 is 0 Å². The summed E-state index contributed by atoms with van der Waals surface area (Å²) in [6.45, 7) is 4.54. The molecule has 1 heteroatoms. The molecule has 0 saturated carbocycles. The molecule has 1 unspecified atom stereocenters. The van der Waals surface area contributed by atoms with E-state index in [1.54, 1.807) is 11.1 Å². The lowest BCUT2D eigenvalue weighted by atomic mass is 9.90. The average Bonchev–Trinajstić information content (AvgIpc) is 2.09. The average molecular weight is 179 g/mol. The Labute approximate surface area is 82.1 Å². The van der Waals surface area contributed by atoms with Gasteiger partial charge in [-0.15, -0.1) is 0 Å². The third-order valence-electron chi connectivity index (χ3n) is 2.89. The number of hydrogen-bond acceptors (Lipinski definition) is 1. The second-order valence-corrected chi connectivity index (χ2v) is 4.07. The van der Waals surface area contributed by atoms with E-state index < -0.39 is 0 Å². The monoisotopic (exact) mass is 179 g/mol. The molecule has 1 aliphatic carbocycles. The molecule has 0 spiro atoms. The highest BCUT2D eigenvalue weighted by atomic mass is 15.1. The summed E-state index contributed by atoms with van der Waals surface area (Å²) >= 11 is 0. The van der Waals surface area contributed by atoms with Crippen molar-refractivity contribution in [3.8, 4) is 0 Å². The standard InChI is InChI=1S/C12H21N/c1-5-12(13(3)4)11-9-7-6-8-10(11)2/h6-7,12H,5,8-9H2,1-4H3. The fourth-order valence-electron chi connectivity index (χ4n) is 2.12. The van der Waals surface area contributed by atoms with Gasteiger partial charge in [-0.2, -0.15) is 0 Å². The van der Waals surface area contributed by atoms with E-state index in [2.05, 4.69) is 45.0 Å². The van der Waals surface area contributed by atoms with Crippen molar-refractivity contribution in [2.45, 2.75) is 39.2 Å². The van der Waals surface area contributed by atoms with Crippen molar-refractivity contribution in [3.05, 3.63) is 23.3 Å². The summed E-state index contributed by atoms with van der Waals surface area (Å²) in [7, 11) is 4.35. The van der Waals surface area contributed by atoms with Gasteiger partial charge in [-0.25, -0.2) is 0 Å². The SMILES string of the molecule is CCC(C1=C(C)CC=CC1)N(C)C. The molecule has 0 bridgehead atoms. The maximum absolute atomic E-state index is 2.33. The lowest BCUT2D eigenvalue weighted by molar-refractivity contribution is 0.317. The van der Waals surface area contributed by atoms with Crippen molar-refractivity contribution < 1.29 is 0 Å². The Morgan fingerprint density at radius 2 is 1.92 bits per heavy atom. The Morgan fingerprint density at radius 1 is 1.31 bits per heavy atom. The van der Waals surface area contributed by atoms with Crippen molar-refractivity contribution in [2.24, 2.45) is 0 Å². The van der Waals surface area contributed by atoms with Gasteiger partial charge in [0.25, 0.3) is 0 Å². The molecule has 1 rings (SSSR count). The lowest BCUT2D eigenvalue weighted by Crippen LogP contribution is -2.30. The van der Waals surface area contributed by atoms with E-state index in [0.29, 0.717) is 6.04 Å². The Bertz CT molecular complexity index is 223. The molecule has 0 aliphatic heterocycles. The van der Waals surface area contributed by atoms with Gasteiger partial charge in [0.15, 0.2) is 0 Å². The predicted molar refractivity (Wildman–Crippen MR) is 58.8 cm³/mol. The zero-order chi connectivity index (χ0) is 9.84. The molecule has 0 heterocycles. The molecule has 1 nitrogen and oxygen atoms in total. The third kappa shape index (κ3) is 2.44. The Balaban J connectivity index is 2.78. The first kappa shape index (κ1) is 10.5. The number of rotatable bonds is 3. The van der Waals surface area contributed by atoms with Gasteiger partial charge in [-0.05, 0) is 40.3 Å². The molecule has 0 aromatic rings. The van der Waals surface area contributed by atoms with Crippen LogP contribution in [-0.4, -0.2) is 25.0 Å². The van der Waals surface area contributed by atoms with Crippen molar-refractivity contribution >= 4 is 0 Å². The minimum Gasteiger partial charge on any atom is -0.303 e. The van der Waals surface area contributed by atoms with Crippen LogP contribution in [0.1, 0.15) is 33.1 Å². The van der Waals surface area contributed by atoms with Crippen LogP contribution in [0.15, 0.2) is 23.3 Å². The maximum Gasteiger partial charge on any atom is 0.0304 e. The topological polar surface area (TPSA) is 3.24 Å². The number of nitrogens with zero attached hydrogens (tertiary/aromatic N) is 1. The molecule has 0 aromatic heterocycles. The van der Waals surface area contributed by atoms with E-state index in [4.69, 9.17) is 0 Å². The molecule has 74 valence electrons. The molecular formula is C12H21N. The molecule has 0 radical (unpaired) electrons. The first-order valence-corrected chi connectivity index (χ1v) is 5.16. The Hall–Kier alpha value is -0.560. The predicted octanol–water partition coefficient (Wildman–Crippen LogP) is 2.99. The van der Waals surface area contributed by atoms with Crippen LogP contribution in [0.3, 0.4) is 0 Å². The highest BCUT2D eigenvalue weighted by Gasteiger charge is 2.16. The maximum atomic E-state index is 2.33. The molecule has 13 heavy (non-hydrogen) atoms. The first-order chi connectivity index (χ1) is 6.16. The van der Waals surface area contributed by atoms with Gasteiger partial charge < -0.3 is 4.90 Å². The summed E-state index contributed by atoms with van der Waals surface area (Å²) < 4.78 is 0. The van der Waals surface area contributed by atoms with Crippen LogP contribution in [0.4, 0.5) is 0 Å². The molecule has 0 saturated heterocycles. The highest BCUT2D eigenvalue weighted by molar-refractivity contribution is 5.26. The summed E-state index contributed by atoms with van der Waals surface area (Å²) in [6, 6.07) is 0.643. The second kappa shape index (κ2) is 4.61. The fraction of sp³-hybridized carbons (Fsp3) is 0.667. The molecule has 0 aromatic carbocycles. The summed E-state index contributed by atoms with van der Waals surface area (Å²) in [5.74, 6) is 0. The van der Waals surface area contributed by atoms with E-state index >= 15 is 0 Å².